The molecule has 9 heteroatoms. The summed E-state index contributed by atoms with van der Waals surface area (Å²) in [6.45, 7) is 0.152. The molecule has 0 unspecified atom stereocenters. The van der Waals surface area contributed by atoms with Gasteiger partial charge in [0.1, 0.15) is 5.54 Å². The Bertz CT molecular complexity index is 659. The summed E-state index contributed by atoms with van der Waals surface area (Å²) in [4.78, 5) is 35.4. The summed E-state index contributed by atoms with van der Waals surface area (Å²) in [5.74, 6) is -2.22. The Hall–Kier alpha value is -1.83. The third-order valence-electron chi connectivity index (χ3n) is 3.73. The minimum absolute atomic E-state index is 0.175. The van der Waals surface area contributed by atoms with Gasteiger partial charge in [0.15, 0.2) is 0 Å². The highest BCUT2D eigenvalue weighted by Gasteiger charge is 2.41. The fraction of sp³-hybridized carbons (Fsp3) is 0.400. The number of hydrogen-bond donors (Lipinski definition) is 3. The van der Waals surface area contributed by atoms with Crippen LogP contribution in [0.25, 0.3) is 0 Å². The van der Waals surface area contributed by atoms with Crippen LogP contribution in [0, 0.1) is 0 Å². The second kappa shape index (κ2) is 7.83. The highest BCUT2D eigenvalue weighted by molar-refractivity contribution is 6.42. The number of benzene rings is 1. The summed E-state index contributed by atoms with van der Waals surface area (Å²) in [5.41, 5.74) is -1.11. The third-order valence-corrected chi connectivity index (χ3v) is 4.46. The van der Waals surface area contributed by atoms with Crippen LogP contribution in [0.15, 0.2) is 18.2 Å². The minimum atomic E-state index is -1.36. The topological polar surface area (TPSA) is 105 Å². The predicted molar refractivity (Wildman–Crippen MR) is 87.4 cm³/mol. The smallest absolute Gasteiger partial charge is 0.329 e. The zero-order valence-electron chi connectivity index (χ0n) is 12.6. The highest BCUT2D eigenvalue weighted by Crippen LogP contribution is 2.23. The summed E-state index contributed by atoms with van der Waals surface area (Å²) in [7, 11) is 0. The van der Waals surface area contributed by atoms with Crippen molar-refractivity contribution in [3.05, 3.63) is 33.8 Å². The molecule has 0 radical (unpaired) electrons. The van der Waals surface area contributed by atoms with Crippen LogP contribution in [-0.4, -0.2) is 48.2 Å². The van der Waals surface area contributed by atoms with E-state index in [4.69, 9.17) is 27.9 Å². The summed E-state index contributed by atoms with van der Waals surface area (Å²) >= 11 is 11.6. The molecule has 3 N–H and O–H groups in total. The first kappa shape index (κ1) is 18.5. The van der Waals surface area contributed by atoms with Gasteiger partial charge in [-0.1, -0.05) is 23.2 Å². The number of carbonyl (C=O) groups is 3. The van der Waals surface area contributed by atoms with Gasteiger partial charge in [0, 0.05) is 31.6 Å². The number of carboxylic acids is 1. The van der Waals surface area contributed by atoms with E-state index < -0.39 is 23.3 Å². The van der Waals surface area contributed by atoms with Crippen molar-refractivity contribution in [2.75, 3.05) is 19.8 Å². The van der Waals surface area contributed by atoms with E-state index in [2.05, 4.69) is 10.6 Å². The molecule has 1 saturated heterocycles. The second-order valence-corrected chi connectivity index (χ2v) is 6.17. The number of halogens is 2. The van der Waals surface area contributed by atoms with Gasteiger partial charge in [-0.05, 0) is 18.2 Å². The molecule has 0 aromatic heterocycles. The number of nitrogens with one attached hydrogen (secondary N) is 2. The molecule has 7 nitrogen and oxygen atoms in total. The molecule has 1 fully saturated rings. The van der Waals surface area contributed by atoms with Crippen molar-refractivity contribution < 1.29 is 24.2 Å². The van der Waals surface area contributed by atoms with Gasteiger partial charge in [-0.25, -0.2) is 4.79 Å². The molecule has 0 bridgehead atoms. The van der Waals surface area contributed by atoms with Gasteiger partial charge in [0.25, 0.3) is 5.91 Å². The van der Waals surface area contributed by atoms with Crippen LogP contribution in [0.2, 0.25) is 10.0 Å². The average Bonchev–Trinajstić information content (AvgIpc) is 2.56. The molecular weight excluding hydrogens is 359 g/mol. The van der Waals surface area contributed by atoms with E-state index in [0.717, 1.165) is 0 Å². The Kier molecular flexibility index (Phi) is 6.04. The van der Waals surface area contributed by atoms with Crippen LogP contribution in [0.1, 0.15) is 23.2 Å². The van der Waals surface area contributed by atoms with Crippen LogP contribution in [0.4, 0.5) is 0 Å². The largest absolute Gasteiger partial charge is 0.480 e. The van der Waals surface area contributed by atoms with Crippen LogP contribution < -0.4 is 10.6 Å². The number of rotatable bonds is 5. The van der Waals surface area contributed by atoms with Crippen molar-refractivity contribution in [2.24, 2.45) is 0 Å². The molecule has 24 heavy (non-hydrogen) atoms. The zero-order chi connectivity index (χ0) is 17.7. The van der Waals surface area contributed by atoms with E-state index in [1.807, 2.05) is 0 Å². The van der Waals surface area contributed by atoms with Gasteiger partial charge in [-0.15, -0.1) is 0 Å². The monoisotopic (exact) mass is 374 g/mol. The van der Waals surface area contributed by atoms with Crippen LogP contribution in [0.5, 0.6) is 0 Å². The molecule has 130 valence electrons. The van der Waals surface area contributed by atoms with E-state index in [9.17, 15) is 19.5 Å². The number of hydrogen-bond acceptors (Lipinski definition) is 4. The molecule has 1 heterocycles. The molecular formula is C15H16Cl2N2O5. The maximum Gasteiger partial charge on any atom is 0.329 e. The molecule has 2 rings (SSSR count). The van der Waals surface area contributed by atoms with Crippen molar-refractivity contribution in [3.63, 3.8) is 0 Å². The Balaban J connectivity index is 1.93. The molecule has 2 amide bonds. The van der Waals surface area contributed by atoms with E-state index in [-0.39, 0.29) is 43.2 Å². The second-order valence-electron chi connectivity index (χ2n) is 5.36. The first-order valence-electron chi connectivity index (χ1n) is 7.19. The Morgan fingerprint density at radius 1 is 1.17 bits per heavy atom. The normalized spacial score (nSPS) is 16.2. The van der Waals surface area contributed by atoms with Crippen molar-refractivity contribution in [1.82, 2.24) is 10.6 Å². The number of ether oxygens (including phenoxy) is 1. The maximum absolute atomic E-state index is 12.0. The Labute approximate surface area is 148 Å². The van der Waals surface area contributed by atoms with Gasteiger partial charge in [0.2, 0.25) is 5.91 Å². The quantitative estimate of drug-likeness (QED) is 0.723. The lowest BCUT2D eigenvalue weighted by Gasteiger charge is -2.33. The third kappa shape index (κ3) is 4.37. The molecule has 0 aliphatic carbocycles. The standard InChI is InChI=1S/C15H16Cl2N2O5/c16-10-2-1-9(7-11(10)17)13(21)18-8-12(20)19-15(14(22)23)3-5-24-6-4-15/h1-2,7H,3-6,8H2,(H,18,21)(H,19,20)(H,22,23). The molecule has 1 aromatic carbocycles. The fourth-order valence-electron chi connectivity index (χ4n) is 2.32. The Morgan fingerprint density at radius 2 is 1.83 bits per heavy atom. The van der Waals surface area contributed by atoms with E-state index in [1.54, 1.807) is 0 Å². The summed E-state index contributed by atoms with van der Waals surface area (Å²) in [6.07, 6.45) is 0.351. The van der Waals surface area contributed by atoms with Crippen molar-refractivity contribution in [3.8, 4) is 0 Å². The number of carboxylic acid groups (broad SMARTS) is 1. The fourth-order valence-corrected chi connectivity index (χ4v) is 2.62. The van der Waals surface area contributed by atoms with Crippen molar-refractivity contribution in [1.29, 1.82) is 0 Å². The average molecular weight is 375 g/mol. The Morgan fingerprint density at radius 3 is 2.42 bits per heavy atom. The van der Waals surface area contributed by atoms with E-state index in [1.165, 1.54) is 18.2 Å². The van der Waals surface area contributed by atoms with E-state index in [0.29, 0.717) is 5.02 Å². The number of carbonyl (C=O) groups excluding carboxylic acids is 2. The lowest BCUT2D eigenvalue weighted by atomic mass is 9.90. The molecule has 1 aliphatic rings. The molecule has 0 atom stereocenters. The molecule has 0 saturated carbocycles. The number of amides is 2. The highest BCUT2D eigenvalue weighted by atomic mass is 35.5. The molecule has 0 spiro atoms. The molecule has 1 aliphatic heterocycles. The zero-order valence-corrected chi connectivity index (χ0v) is 14.1. The van der Waals surface area contributed by atoms with E-state index >= 15 is 0 Å². The van der Waals surface area contributed by atoms with Crippen LogP contribution >= 0.6 is 23.2 Å². The summed E-state index contributed by atoms with van der Waals surface area (Å²) < 4.78 is 5.13. The number of aliphatic carboxylic acids is 1. The first-order valence-corrected chi connectivity index (χ1v) is 7.95. The van der Waals surface area contributed by atoms with Gasteiger partial charge in [-0.2, -0.15) is 0 Å². The molecule has 1 aromatic rings. The predicted octanol–water partition coefficient (Wildman–Crippen LogP) is 1.47. The van der Waals surface area contributed by atoms with Crippen LogP contribution in [0.3, 0.4) is 0 Å². The van der Waals surface area contributed by atoms with Gasteiger partial charge in [-0.3, -0.25) is 9.59 Å². The van der Waals surface area contributed by atoms with Crippen molar-refractivity contribution >= 4 is 41.0 Å². The van der Waals surface area contributed by atoms with Gasteiger partial charge in [0.05, 0.1) is 16.6 Å². The first-order chi connectivity index (χ1) is 11.3. The maximum atomic E-state index is 12.0. The lowest BCUT2D eigenvalue weighted by molar-refractivity contribution is -0.151. The van der Waals surface area contributed by atoms with Crippen LogP contribution in [-0.2, 0) is 14.3 Å². The SMILES string of the molecule is O=C(CNC(=O)c1ccc(Cl)c(Cl)c1)NC1(C(=O)O)CCOCC1. The van der Waals surface area contributed by atoms with Crippen molar-refractivity contribution in [2.45, 2.75) is 18.4 Å². The minimum Gasteiger partial charge on any atom is -0.480 e. The summed E-state index contributed by atoms with van der Waals surface area (Å²) in [6, 6.07) is 4.33. The van der Waals surface area contributed by atoms with Gasteiger partial charge < -0.3 is 20.5 Å². The summed E-state index contributed by atoms with van der Waals surface area (Å²) in [5, 5.41) is 14.8. The lowest BCUT2D eigenvalue weighted by Crippen LogP contribution is -2.59. The van der Waals surface area contributed by atoms with Gasteiger partial charge >= 0.3 is 5.97 Å².